The maximum atomic E-state index is 11.9. The summed E-state index contributed by atoms with van der Waals surface area (Å²) >= 11 is 0. The van der Waals surface area contributed by atoms with Gasteiger partial charge in [-0.2, -0.15) is 10.5 Å². The molecule has 1 amide bonds. The Kier molecular flexibility index (Phi) is 5.31. The summed E-state index contributed by atoms with van der Waals surface area (Å²) in [5, 5.41) is 23.0. The molecule has 0 spiro atoms. The van der Waals surface area contributed by atoms with Crippen LogP contribution in [0.4, 0.5) is 5.69 Å². The highest BCUT2D eigenvalue weighted by Crippen LogP contribution is 2.17. The van der Waals surface area contributed by atoms with Crippen LogP contribution in [0.5, 0.6) is 0 Å². The van der Waals surface area contributed by atoms with Crippen molar-refractivity contribution in [2.45, 2.75) is 26.8 Å². The predicted molar refractivity (Wildman–Crippen MR) is 76.7 cm³/mol. The molecule has 1 aromatic carbocycles. The van der Waals surface area contributed by atoms with Gasteiger partial charge in [0.1, 0.15) is 17.7 Å². The van der Waals surface area contributed by atoms with Crippen molar-refractivity contribution in [1.29, 1.82) is 10.5 Å². The Morgan fingerprint density at radius 2 is 1.95 bits per heavy atom. The first-order chi connectivity index (χ1) is 9.47. The Labute approximate surface area is 118 Å². The van der Waals surface area contributed by atoms with Gasteiger partial charge in [0.2, 0.25) is 0 Å². The van der Waals surface area contributed by atoms with Crippen molar-refractivity contribution in [3.63, 3.8) is 0 Å². The maximum absolute atomic E-state index is 11.9. The molecule has 5 heteroatoms. The number of rotatable bonds is 4. The van der Waals surface area contributed by atoms with Crippen LogP contribution >= 0.6 is 0 Å². The topological polar surface area (TPSA) is 88.7 Å². The summed E-state index contributed by atoms with van der Waals surface area (Å²) in [6.45, 7) is 5.65. The van der Waals surface area contributed by atoms with Gasteiger partial charge in [-0.15, -0.1) is 0 Å². The Morgan fingerprint density at radius 1 is 1.30 bits per heavy atom. The number of anilines is 1. The molecule has 1 aromatic rings. The van der Waals surface area contributed by atoms with Crippen LogP contribution in [0.2, 0.25) is 0 Å². The zero-order valence-electron chi connectivity index (χ0n) is 11.7. The quantitative estimate of drug-likeness (QED) is 0.821. The van der Waals surface area contributed by atoms with E-state index < -0.39 is 0 Å². The molecule has 1 rings (SSSR count). The second-order valence-corrected chi connectivity index (χ2v) is 4.58. The summed E-state index contributed by atoms with van der Waals surface area (Å²) < 4.78 is 0. The summed E-state index contributed by atoms with van der Waals surface area (Å²) in [6.07, 6.45) is 1.33. The fourth-order valence-corrected chi connectivity index (χ4v) is 1.50. The minimum absolute atomic E-state index is 0.0264. The van der Waals surface area contributed by atoms with Gasteiger partial charge in [-0.3, -0.25) is 4.79 Å². The number of nitrogens with zero attached hydrogens (tertiary/aromatic N) is 2. The number of allylic oxidation sites excluding steroid dienone is 1. The molecule has 0 aromatic heterocycles. The van der Waals surface area contributed by atoms with Crippen LogP contribution in [-0.4, -0.2) is 11.9 Å². The van der Waals surface area contributed by atoms with Crippen LogP contribution in [0, 0.1) is 29.6 Å². The molecule has 0 saturated heterocycles. The highest BCUT2D eigenvalue weighted by atomic mass is 16.1. The fourth-order valence-electron chi connectivity index (χ4n) is 1.50. The molecule has 0 aliphatic heterocycles. The van der Waals surface area contributed by atoms with Crippen LogP contribution in [-0.2, 0) is 0 Å². The van der Waals surface area contributed by atoms with Gasteiger partial charge in [0.05, 0.1) is 0 Å². The van der Waals surface area contributed by atoms with E-state index in [1.165, 1.54) is 6.20 Å². The lowest BCUT2D eigenvalue weighted by atomic mass is 10.1. The lowest BCUT2D eigenvalue weighted by Gasteiger charge is -2.11. The largest absolute Gasteiger partial charge is 0.360 e. The van der Waals surface area contributed by atoms with Crippen molar-refractivity contribution in [2.24, 2.45) is 0 Å². The van der Waals surface area contributed by atoms with E-state index in [0.717, 1.165) is 5.56 Å². The van der Waals surface area contributed by atoms with Crippen molar-refractivity contribution in [3.8, 4) is 12.1 Å². The van der Waals surface area contributed by atoms with Crippen LogP contribution < -0.4 is 10.6 Å². The van der Waals surface area contributed by atoms with Crippen molar-refractivity contribution in [2.75, 3.05) is 5.32 Å². The molecule has 0 atom stereocenters. The third-order valence-electron chi connectivity index (χ3n) is 2.53. The summed E-state index contributed by atoms with van der Waals surface area (Å²) in [5.74, 6) is -0.159. The van der Waals surface area contributed by atoms with E-state index in [1.54, 1.807) is 24.3 Å². The second-order valence-electron chi connectivity index (χ2n) is 4.58. The van der Waals surface area contributed by atoms with Gasteiger partial charge in [-0.1, -0.05) is 6.07 Å². The van der Waals surface area contributed by atoms with E-state index in [9.17, 15) is 4.79 Å². The van der Waals surface area contributed by atoms with Crippen molar-refractivity contribution >= 4 is 11.6 Å². The lowest BCUT2D eigenvalue weighted by molar-refractivity contribution is 0.0943. The number of hydrogen-bond acceptors (Lipinski definition) is 4. The summed E-state index contributed by atoms with van der Waals surface area (Å²) in [5.41, 5.74) is 2.10. The maximum Gasteiger partial charge on any atom is 0.251 e. The number of carbonyl (C=O) groups is 1. The van der Waals surface area contributed by atoms with E-state index >= 15 is 0 Å². The highest BCUT2D eigenvalue weighted by molar-refractivity contribution is 5.95. The van der Waals surface area contributed by atoms with Gasteiger partial charge in [0, 0.05) is 23.5 Å². The number of nitriles is 2. The SMILES string of the molecule is Cc1ccc(C(=O)NC(C)C)cc1NC=C(C#N)C#N. The molecule has 0 fully saturated rings. The van der Waals surface area contributed by atoms with Gasteiger partial charge in [-0.05, 0) is 38.5 Å². The van der Waals surface area contributed by atoms with Gasteiger partial charge in [0.15, 0.2) is 0 Å². The number of amides is 1. The summed E-state index contributed by atoms with van der Waals surface area (Å²) in [4.78, 5) is 11.9. The van der Waals surface area contributed by atoms with Crippen LogP contribution in [0.1, 0.15) is 29.8 Å². The third-order valence-corrected chi connectivity index (χ3v) is 2.53. The first-order valence-corrected chi connectivity index (χ1v) is 6.16. The molecule has 0 unspecified atom stereocenters. The zero-order valence-corrected chi connectivity index (χ0v) is 11.7. The average Bonchev–Trinajstić information content (AvgIpc) is 2.40. The number of hydrogen-bond donors (Lipinski definition) is 2. The molecular weight excluding hydrogens is 252 g/mol. The van der Waals surface area contributed by atoms with E-state index in [1.807, 2.05) is 26.8 Å². The molecule has 102 valence electrons. The number of aryl methyl sites for hydroxylation is 1. The van der Waals surface area contributed by atoms with Crippen LogP contribution in [0.25, 0.3) is 0 Å². The van der Waals surface area contributed by atoms with E-state index in [2.05, 4.69) is 10.6 Å². The van der Waals surface area contributed by atoms with Gasteiger partial charge in [-0.25, -0.2) is 0 Å². The standard InChI is InChI=1S/C15H16N4O/c1-10(2)19-15(20)13-5-4-11(3)14(6-13)18-9-12(7-16)8-17/h4-6,9-10,18H,1-3H3,(H,19,20). The van der Waals surface area contributed by atoms with Gasteiger partial charge >= 0.3 is 0 Å². The molecular formula is C15H16N4O. The van der Waals surface area contributed by atoms with E-state index in [4.69, 9.17) is 10.5 Å². The summed E-state index contributed by atoms with van der Waals surface area (Å²) in [6, 6.07) is 8.82. The van der Waals surface area contributed by atoms with Gasteiger partial charge in [0.25, 0.3) is 5.91 Å². The monoisotopic (exact) mass is 268 g/mol. The Bertz CT molecular complexity index is 602. The first kappa shape index (κ1) is 15.3. The molecule has 0 aliphatic rings. The first-order valence-electron chi connectivity index (χ1n) is 6.16. The molecule has 2 N–H and O–H groups in total. The Balaban J connectivity index is 2.99. The third kappa shape index (κ3) is 4.15. The lowest BCUT2D eigenvalue weighted by Crippen LogP contribution is -2.30. The molecule has 0 heterocycles. The summed E-state index contributed by atoms with van der Waals surface area (Å²) in [7, 11) is 0. The Morgan fingerprint density at radius 3 is 2.50 bits per heavy atom. The number of nitrogens with one attached hydrogen (secondary N) is 2. The predicted octanol–water partition coefficient (Wildman–Crippen LogP) is 2.48. The fraction of sp³-hybridized carbons (Fsp3) is 0.267. The minimum atomic E-state index is -0.159. The van der Waals surface area contributed by atoms with Crippen molar-refractivity contribution < 1.29 is 4.79 Å². The molecule has 0 saturated carbocycles. The van der Waals surface area contributed by atoms with E-state index in [-0.39, 0.29) is 17.5 Å². The minimum Gasteiger partial charge on any atom is -0.360 e. The molecule has 5 nitrogen and oxygen atoms in total. The smallest absolute Gasteiger partial charge is 0.251 e. The van der Waals surface area contributed by atoms with E-state index in [0.29, 0.717) is 11.3 Å². The molecule has 20 heavy (non-hydrogen) atoms. The molecule has 0 bridgehead atoms. The Hall–Kier alpha value is -2.79. The van der Waals surface area contributed by atoms with Crippen molar-refractivity contribution in [3.05, 3.63) is 41.1 Å². The van der Waals surface area contributed by atoms with Gasteiger partial charge < -0.3 is 10.6 Å². The number of benzene rings is 1. The van der Waals surface area contributed by atoms with Crippen LogP contribution in [0.3, 0.4) is 0 Å². The highest BCUT2D eigenvalue weighted by Gasteiger charge is 2.08. The zero-order chi connectivity index (χ0) is 15.1. The normalized spacial score (nSPS) is 9.30. The number of carbonyl (C=O) groups excluding carboxylic acids is 1. The average molecular weight is 268 g/mol. The molecule has 0 aliphatic carbocycles. The second kappa shape index (κ2) is 6.96. The van der Waals surface area contributed by atoms with Crippen molar-refractivity contribution in [1.82, 2.24) is 5.32 Å². The van der Waals surface area contributed by atoms with Crippen LogP contribution in [0.15, 0.2) is 30.0 Å². The molecule has 0 radical (unpaired) electrons.